The molecule has 1 saturated heterocycles. The number of amides is 1. The third kappa shape index (κ3) is 2.38. The van der Waals surface area contributed by atoms with E-state index in [4.69, 9.17) is 4.52 Å². The highest BCUT2D eigenvalue weighted by Gasteiger charge is 2.33. The van der Waals surface area contributed by atoms with E-state index in [0.29, 0.717) is 6.42 Å². The fraction of sp³-hybridized carbons (Fsp3) is 0.467. The van der Waals surface area contributed by atoms with Crippen molar-refractivity contribution in [3.05, 3.63) is 39.4 Å². The molecule has 1 aliphatic heterocycles. The number of carbonyl (C=O) groups is 1. The van der Waals surface area contributed by atoms with E-state index >= 15 is 0 Å². The second-order valence-corrected chi connectivity index (χ2v) is 6.27. The van der Waals surface area contributed by atoms with E-state index in [1.807, 2.05) is 36.3 Å². The lowest BCUT2D eigenvalue weighted by atomic mass is 10.0. The van der Waals surface area contributed by atoms with Gasteiger partial charge in [-0.1, -0.05) is 11.2 Å². The summed E-state index contributed by atoms with van der Waals surface area (Å²) in [6.45, 7) is 4.71. The first-order chi connectivity index (χ1) is 9.66. The number of hydrogen-bond acceptors (Lipinski definition) is 4. The Kier molecular flexibility index (Phi) is 3.61. The second kappa shape index (κ2) is 5.40. The molecule has 0 aromatic carbocycles. The first kappa shape index (κ1) is 13.4. The second-order valence-electron chi connectivity index (χ2n) is 5.24. The van der Waals surface area contributed by atoms with Crippen LogP contribution in [0.5, 0.6) is 0 Å². The van der Waals surface area contributed by atoms with Crippen molar-refractivity contribution in [1.82, 2.24) is 10.1 Å². The van der Waals surface area contributed by atoms with E-state index in [2.05, 4.69) is 5.16 Å². The quantitative estimate of drug-likeness (QED) is 0.871. The van der Waals surface area contributed by atoms with Gasteiger partial charge in [-0.05, 0) is 38.1 Å². The number of nitrogens with zero attached hydrogens (tertiary/aromatic N) is 2. The van der Waals surface area contributed by atoms with E-state index in [9.17, 15) is 4.79 Å². The molecule has 0 spiro atoms. The van der Waals surface area contributed by atoms with E-state index in [-0.39, 0.29) is 11.9 Å². The molecule has 1 fully saturated rings. The van der Waals surface area contributed by atoms with Crippen LogP contribution in [0.15, 0.2) is 22.0 Å². The van der Waals surface area contributed by atoms with Crippen LogP contribution in [0.25, 0.3) is 0 Å². The minimum absolute atomic E-state index is 0.133. The molecule has 1 atom stereocenters. The van der Waals surface area contributed by atoms with Gasteiger partial charge in [0, 0.05) is 17.0 Å². The van der Waals surface area contributed by atoms with Crippen LogP contribution in [-0.4, -0.2) is 22.5 Å². The summed E-state index contributed by atoms with van der Waals surface area (Å²) in [6, 6.07) is 4.14. The van der Waals surface area contributed by atoms with Crippen LogP contribution in [0.3, 0.4) is 0 Å². The summed E-state index contributed by atoms with van der Waals surface area (Å²) >= 11 is 1.64. The summed E-state index contributed by atoms with van der Waals surface area (Å²) in [5.74, 6) is 1.04. The zero-order chi connectivity index (χ0) is 14.1. The average molecular weight is 290 g/mol. The van der Waals surface area contributed by atoms with Crippen LogP contribution >= 0.6 is 11.3 Å². The Morgan fingerprint density at radius 2 is 2.40 bits per heavy atom. The number of thiophene rings is 1. The maximum atomic E-state index is 12.5. The van der Waals surface area contributed by atoms with Gasteiger partial charge in [0.1, 0.15) is 5.76 Å². The molecular weight excluding hydrogens is 272 g/mol. The molecule has 0 aliphatic carbocycles. The average Bonchev–Trinajstić information content (AvgIpc) is 3.11. The normalized spacial score (nSPS) is 18.7. The first-order valence-corrected chi connectivity index (χ1v) is 7.79. The zero-order valence-corrected chi connectivity index (χ0v) is 12.6. The highest BCUT2D eigenvalue weighted by Crippen LogP contribution is 2.35. The number of rotatable bonds is 3. The van der Waals surface area contributed by atoms with Crippen LogP contribution in [0.4, 0.5) is 0 Å². The predicted molar refractivity (Wildman–Crippen MR) is 77.7 cm³/mol. The van der Waals surface area contributed by atoms with E-state index < -0.39 is 0 Å². The van der Waals surface area contributed by atoms with Crippen molar-refractivity contribution in [2.45, 2.75) is 39.2 Å². The van der Waals surface area contributed by atoms with E-state index in [1.54, 1.807) is 11.3 Å². The SMILES string of the molecule is Cc1noc(C)c1[C@@H]1CCCN1C(=O)Cc1cccs1. The van der Waals surface area contributed by atoms with Crippen LogP contribution in [0, 0.1) is 13.8 Å². The molecule has 3 rings (SSSR count). The monoisotopic (exact) mass is 290 g/mol. The van der Waals surface area contributed by atoms with Gasteiger partial charge in [0.15, 0.2) is 0 Å². The lowest BCUT2D eigenvalue weighted by Crippen LogP contribution is -2.32. The van der Waals surface area contributed by atoms with Crippen molar-refractivity contribution in [3.63, 3.8) is 0 Å². The van der Waals surface area contributed by atoms with Crippen molar-refractivity contribution in [2.75, 3.05) is 6.54 Å². The molecule has 20 heavy (non-hydrogen) atoms. The highest BCUT2D eigenvalue weighted by molar-refractivity contribution is 7.10. The van der Waals surface area contributed by atoms with E-state index in [0.717, 1.165) is 41.3 Å². The smallest absolute Gasteiger partial charge is 0.228 e. The number of aryl methyl sites for hydroxylation is 2. The Balaban J connectivity index is 1.80. The van der Waals surface area contributed by atoms with Crippen molar-refractivity contribution in [2.24, 2.45) is 0 Å². The molecule has 106 valence electrons. The Bertz CT molecular complexity index is 584. The lowest BCUT2D eigenvalue weighted by molar-refractivity contribution is -0.131. The maximum Gasteiger partial charge on any atom is 0.228 e. The van der Waals surface area contributed by atoms with Gasteiger partial charge in [-0.2, -0.15) is 0 Å². The standard InChI is InChI=1S/C15H18N2O2S/c1-10-15(11(2)19-16-10)13-6-3-7-17(13)14(18)9-12-5-4-8-20-12/h4-5,8,13H,3,6-7,9H2,1-2H3/t13-/m0/s1. The van der Waals surface area contributed by atoms with Gasteiger partial charge >= 0.3 is 0 Å². The van der Waals surface area contributed by atoms with Gasteiger partial charge in [0.05, 0.1) is 18.2 Å². The number of carbonyl (C=O) groups excluding carboxylic acids is 1. The maximum absolute atomic E-state index is 12.5. The largest absolute Gasteiger partial charge is 0.361 e. The molecule has 5 heteroatoms. The van der Waals surface area contributed by atoms with Crippen molar-refractivity contribution in [3.8, 4) is 0 Å². The zero-order valence-electron chi connectivity index (χ0n) is 11.8. The van der Waals surface area contributed by atoms with Gasteiger partial charge in [0.25, 0.3) is 0 Å². The van der Waals surface area contributed by atoms with Crippen molar-refractivity contribution >= 4 is 17.2 Å². The van der Waals surface area contributed by atoms with Gasteiger partial charge in [-0.25, -0.2) is 0 Å². The van der Waals surface area contributed by atoms with Crippen molar-refractivity contribution in [1.29, 1.82) is 0 Å². The lowest BCUT2D eigenvalue weighted by Gasteiger charge is -2.24. The Morgan fingerprint density at radius 1 is 1.55 bits per heavy atom. The molecule has 0 N–H and O–H groups in total. The summed E-state index contributed by atoms with van der Waals surface area (Å²) in [5, 5.41) is 6.03. The molecule has 1 aliphatic rings. The number of likely N-dealkylation sites (tertiary alicyclic amines) is 1. The third-order valence-corrected chi connectivity index (χ3v) is 4.78. The number of aromatic nitrogens is 1. The van der Waals surface area contributed by atoms with Gasteiger partial charge in [0.2, 0.25) is 5.91 Å². The summed E-state index contributed by atoms with van der Waals surface area (Å²) < 4.78 is 5.26. The molecule has 0 unspecified atom stereocenters. The molecule has 2 aromatic rings. The van der Waals surface area contributed by atoms with Gasteiger partial charge < -0.3 is 9.42 Å². The molecule has 2 aromatic heterocycles. The molecule has 4 nitrogen and oxygen atoms in total. The molecule has 0 radical (unpaired) electrons. The summed E-state index contributed by atoms with van der Waals surface area (Å²) in [7, 11) is 0. The third-order valence-electron chi connectivity index (χ3n) is 3.90. The minimum atomic E-state index is 0.133. The minimum Gasteiger partial charge on any atom is -0.361 e. The molecule has 0 bridgehead atoms. The molecule has 0 saturated carbocycles. The Labute approximate surface area is 122 Å². The molecule has 1 amide bonds. The fourth-order valence-corrected chi connectivity index (χ4v) is 3.69. The van der Waals surface area contributed by atoms with Crippen LogP contribution in [0.2, 0.25) is 0 Å². The topological polar surface area (TPSA) is 46.3 Å². The summed E-state index contributed by atoms with van der Waals surface area (Å²) in [4.78, 5) is 15.6. The molecule has 3 heterocycles. The van der Waals surface area contributed by atoms with Gasteiger partial charge in [-0.15, -0.1) is 11.3 Å². The molecular formula is C15H18N2O2S. The first-order valence-electron chi connectivity index (χ1n) is 6.91. The highest BCUT2D eigenvalue weighted by atomic mass is 32.1. The van der Waals surface area contributed by atoms with Crippen LogP contribution in [-0.2, 0) is 11.2 Å². The number of hydrogen-bond donors (Lipinski definition) is 0. The van der Waals surface area contributed by atoms with E-state index in [1.165, 1.54) is 0 Å². The Hall–Kier alpha value is -1.62. The van der Waals surface area contributed by atoms with Crippen molar-refractivity contribution < 1.29 is 9.32 Å². The van der Waals surface area contributed by atoms with Crippen LogP contribution in [0.1, 0.15) is 40.8 Å². The van der Waals surface area contributed by atoms with Crippen LogP contribution < -0.4 is 0 Å². The fourth-order valence-electron chi connectivity index (χ4n) is 2.99. The summed E-state index contributed by atoms with van der Waals surface area (Å²) in [5.41, 5.74) is 2.00. The Morgan fingerprint density at radius 3 is 3.05 bits per heavy atom. The predicted octanol–water partition coefficient (Wildman–Crippen LogP) is 3.26. The van der Waals surface area contributed by atoms with Gasteiger partial charge in [-0.3, -0.25) is 4.79 Å². The summed E-state index contributed by atoms with van der Waals surface area (Å²) in [6.07, 6.45) is 2.54.